The summed E-state index contributed by atoms with van der Waals surface area (Å²) in [6, 6.07) is 21.5. The monoisotopic (exact) mass is 1020 g/mol. The van der Waals surface area contributed by atoms with Gasteiger partial charge in [-0.25, -0.2) is 24.3 Å². The van der Waals surface area contributed by atoms with Crippen LogP contribution >= 0.6 is 11.6 Å². The molecule has 4 N–H and O–H groups in total. The van der Waals surface area contributed by atoms with Crippen molar-refractivity contribution in [2.45, 2.75) is 44.9 Å². The number of aromatic nitrogens is 4. The standard InChI is InChI=1S/C27H29ClFN5O4.C26H29N5O4/c28-21-13-18(5-6-22(21)29)32-27-20-14-24(33-26(35)4-1-7-34-8-11-36-12-9-34)25(15-23(20)30-17-31-27)38-16-19-3-2-10-37-19;1-17-14-31(15-25(33)35-17)11-7-10-24(32)30-22-12-20-21(13-23(22)34-3)27-16-28-26(20)29-18(2)19-8-5-4-6-9-19/h1,4-6,13-15,17,19H,2-3,7-12,16H2,(H,33,35)(H,30,31,32);4-10,12-13,16-18H,11,14-15H2,1-3H3,(H,30,32)(H,27,28,29). The summed E-state index contributed by atoms with van der Waals surface area (Å²) in [4.78, 5) is 58.7. The molecule has 0 spiro atoms. The van der Waals surface area contributed by atoms with Crippen LogP contribution in [0.1, 0.15) is 38.3 Å². The molecule has 5 heterocycles. The van der Waals surface area contributed by atoms with Crippen LogP contribution in [0.5, 0.6) is 11.5 Å². The number of ether oxygens (including phenoxy) is 5. The van der Waals surface area contributed by atoms with E-state index in [2.05, 4.69) is 65.2 Å². The fraction of sp³-hybridized carbons (Fsp3) is 0.340. The van der Waals surface area contributed by atoms with Gasteiger partial charge in [0.05, 0.1) is 60.4 Å². The number of amides is 2. The smallest absolute Gasteiger partial charge is 0.320 e. The maximum absolute atomic E-state index is 13.6. The molecule has 3 saturated heterocycles. The first-order chi connectivity index (χ1) is 35.5. The van der Waals surface area contributed by atoms with E-state index in [-0.39, 0.29) is 47.6 Å². The molecule has 0 saturated carbocycles. The highest BCUT2D eigenvalue weighted by Crippen LogP contribution is 2.36. The first kappa shape index (κ1) is 52.0. The number of hydrogen-bond donors (Lipinski definition) is 4. The Morgan fingerprint density at radius 1 is 0.849 bits per heavy atom. The number of carbonyl (C=O) groups is 3. The summed E-state index contributed by atoms with van der Waals surface area (Å²) >= 11 is 5.94. The van der Waals surface area contributed by atoms with Crippen LogP contribution in [0.2, 0.25) is 5.02 Å². The van der Waals surface area contributed by atoms with E-state index < -0.39 is 5.82 Å². The highest BCUT2D eigenvalue weighted by Gasteiger charge is 2.23. The molecule has 3 aliphatic rings. The zero-order valence-corrected chi connectivity index (χ0v) is 41.6. The maximum Gasteiger partial charge on any atom is 0.320 e. The molecule has 3 aliphatic heterocycles. The molecule has 3 unspecified atom stereocenters. The summed E-state index contributed by atoms with van der Waals surface area (Å²) in [6.45, 7) is 10.1. The van der Waals surface area contributed by atoms with E-state index in [1.54, 1.807) is 37.5 Å². The van der Waals surface area contributed by atoms with E-state index >= 15 is 0 Å². The molecule has 9 rings (SSSR count). The highest BCUT2D eigenvalue weighted by molar-refractivity contribution is 6.31. The largest absolute Gasteiger partial charge is 0.494 e. The van der Waals surface area contributed by atoms with Crippen molar-refractivity contribution in [2.24, 2.45) is 0 Å². The van der Waals surface area contributed by atoms with Gasteiger partial charge in [0.25, 0.3) is 0 Å². The Balaban J connectivity index is 0.000000196. The van der Waals surface area contributed by atoms with E-state index in [4.69, 9.17) is 35.3 Å². The van der Waals surface area contributed by atoms with E-state index in [1.165, 1.54) is 36.9 Å². The van der Waals surface area contributed by atoms with Gasteiger partial charge in [0.1, 0.15) is 54.3 Å². The van der Waals surface area contributed by atoms with E-state index in [9.17, 15) is 18.8 Å². The Morgan fingerprint density at radius 3 is 2.16 bits per heavy atom. The van der Waals surface area contributed by atoms with Gasteiger partial charge in [-0.1, -0.05) is 54.1 Å². The number of morpholine rings is 2. The molecular weight excluding hydrogens is 959 g/mol. The van der Waals surface area contributed by atoms with Gasteiger partial charge in [0.15, 0.2) is 0 Å². The van der Waals surface area contributed by atoms with Crippen molar-refractivity contribution in [1.29, 1.82) is 0 Å². The Bertz CT molecular complexity index is 2940. The molecule has 4 aromatic carbocycles. The quantitative estimate of drug-likeness (QED) is 0.0503. The highest BCUT2D eigenvalue weighted by atomic mass is 35.5. The third-order valence-corrected chi connectivity index (χ3v) is 12.4. The summed E-state index contributed by atoms with van der Waals surface area (Å²) in [5, 5.41) is 13.8. The van der Waals surface area contributed by atoms with E-state index in [1.807, 2.05) is 42.2 Å². The van der Waals surface area contributed by atoms with Crippen molar-refractivity contribution < 1.29 is 42.5 Å². The van der Waals surface area contributed by atoms with Crippen LogP contribution < -0.4 is 30.7 Å². The fourth-order valence-corrected chi connectivity index (χ4v) is 8.54. The lowest BCUT2D eigenvalue weighted by atomic mass is 10.1. The van der Waals surface area contributed by atoms with Crippen molar-refractivity contribution in [2.75, 3.05) is 94.1 Å². The van der Waals surface area contributed by atoms with Crippen molar-refractivity contribution in [1.82, 2.24) is 29.7 Å². The second-order valence-corrected chi connectivity index (χ2v) is 18.0. The van der Waals surface area contributed by atoms with Crippen molar-refractivity contribution in [3.05, 3.63) is 126 Å². The van der Waals surface area contributed by atoms with Crippen LogP contribution in [0.4, 0.5) is 33.1 Å². The van der Waals surface area contributed by atoms with Gasteiger partial charge in [-0.2, -0.15) is 0 Å². The fourth-order valence-electron chi connectivity index (χ4n) is 8.36. The lowest BCUT2D eigenvalue weighted by Gasteiger charge is -2.29. The van der Waals surface area contributed by atoms with Gasteiger partial charge >= 0.3 is 5.97 Å². The Kier molecular flexibility index (Phi) is 18.1. The minimum Gasteiger partial charge on any atom is -0.494 e. The summed E-state index contributed by atoms with van der Waals surface area (Å²) in [6.07, 6.45) is 11.2. The average Bonchev–Trinajstić information content (AvgIpc) is 3.91. The van der Waals surface area contributed by atoms with Crippen LogP contribution in [-0.4, -0.2) is 133 Å². The third-order valence-electron chi connectivity index (χ3n) is 12.1. The summed E-state index contributed by atoms with van der Waals surface area (Å²) < 4.78 is 41.4. The lowest BCUT2D eigenvalue weighted by Crippen LogP contribution is -2.44. The Morgan fingerprint density at radius 2 is 1.51 bits per heavy atom. The van der Waals surface area contributed by atoms with Crippen LogP contribution in [0.3, 0.4) is 0 Å². The summed E-state index contributed by atoms with van der Waals surface area (Å²) in [5.41, 5.74) is 3.98. The molecule has 0 aliphatic carbocycles. The van der Waals surface area contributed by atoms with E-state index in [0.717, 1.165) is 43.5 Å². The van der Waals surface area contributed by atoms with Crippen LogP contribution in [0.25, 0.3) is 21.8 Å². The maximum atomic E-state index is 13.6. The number of anilines is 5. The molecule has 3 atom stereocenters. The van der Waals surface area contributed by atoms with Gasteiger partial charge in [-0.3, -0.25) is 24.2 Å². The average molecular weight is 1020 g/mol. The number of esters is 1. The number of cyclic esters (lactones) is 1. The molecule has 2 aromatic heterocycles. The number of rotatable bonds is 17. The topological polar surface area (TPSA) is 204 Å². The Hall–Kier alpha value is -7.29. The predicted molar refractivity (Wildman–Crippen MR) is 278 cm³/mol. The molecule has 6 aromatic rings. The number of nitrogens with zero attached hydrogens (tertiary/aromatic N) is 6. The normalized spacial score (nSPS) is 17.7. The van der Waals surface area contributed by atoms with Crippen LogP contribution in [0.15, 0.2) is 110 Å². The molecular formula is C53H58ClFN10O8. The van der Waals surface area contributed by atoms with Crippen molar-refractivity contribution >= 4 is 79.9 Å². The zero-order chi connectivity index (χ0) is 51.1. The van der Waals surface area contributed by atoms with Gasteiger partial charge in [0.2, 0.25) is 11.8 Å². The van der Waals surface area contributed by atoms with Crippen molar-refractivity contribution in [3.63, 3.8) is 0 Å². The number of benzene rings is 4. The number of nitrogens with one attached hydrogen (secondary N) is 4. The van der Waals surface area contributed by atoms with Gasteiger partial charge in [-0.05, 0) is 62.6 Å². The van der Waals surface area contributed by atoms with Crippen LogP contribution in [-0.2, 0) is 28.6 Å². The molecule has 18 nitrogen and oxygen atoms in total. The lowest BCUT2D eigenvalue weighted by molar-refractivity contribution is -0.156. The molecule has 2 amide bonds. The number of carbonyl (C=O) groups excluding carboxylic acids is 3. The predicted octanol–water partition coefficient (Wildman–Crippen LogP) is 8.10. The Labute approximate surface area is 427 Å². The molecule has 73 heavy (non-hydrogen) atoms. The molecule has 382 valence electrons. The number of methoxy groups -OCH3 is 1. The first-order valence-corrected chi connectivity index (χ1v) is 24.4. The molecule has 3 fully saturated rings. The minimum absolute atomic E-state index is 0.00463. The van der Waals surface area contributed by atoms with Gasteiger partial charge in [0, 0.05) is 86.1 Å². The molecule has 0 bridgehead atoms. The number of fused-ring (bicyclic) bond motifs is 2. The van der Waals surface area contributed by atoms with Crippen molar-refractivity contribution in [3.8, 4) is 11.5 Å². The molecule has 0 radical (unpaired) electrons. The first-order valence-electron chi connectivity index (χ1n) is 24.0. The number of hydrogen-bond acceptors (Lipinski definition) is 16. The summed E-state index contributed by atoms with van der Waals surface area (Å²) in [5.74, 6) is 0.758. The van der Waals surface area contributed by atoms with E-state index in [0.29, 0.717) is 96.1 Å². The summed E-state index contributed by atoms with van der Waals surface area (Å²) in [7, 11) is 1.54. The third kappa shape index (κ3) is 14.7. The van der Waals surface area contributed by atoms with Crippen LogP contribution in [0, 0.1) is 5.82 Å². The second-order valence-electron chi connectivity index (χ2n) is 17.5. The molecule has 20 heteroatoms. The minimum atomic E-state index is -0.510. The van der Waals surface area contributed by atoms with Gasteiger partial charge < -0.3 is 45.0 Å². The SMILES string of the molecule is COc1cc2ncnc(NC(C)c3ccccc3)c2cc1NC(=O)C=CCN1CC(=O)OC(C)C1.O=C(C=CCN1CCOCC1)Nc1cc2c(Nc3ccc(F)c(Cl)c3)ncnc2cc1OCC1CCCO1. The zero-order valence-electron chi connectivity index (χ0n) is 40.8. The van der Waals surface area contributed by atoms with Gasteiger partial charge in [-0.15, -0.1) is 0 Å². The second kappa shape index (κ2) is 25.4. The number of halogens is 2.